The molecule has 2 aromatic heterocycles. The molecule has 1 aliphatic heterocycles. The number of hydrogen-bond acceptors (Lipinski definition) is 3. The maximum Gasteiger partial charge on any atom is 0.134 e. The predicted molar refractivity (Wildman–Crippen MR) is 72.9 cm³/mol. The molecule has 92 valence electrons. The zero-order valence-corrected chi connectivity index (χ0v) is 11.9. The van der Waals surface area contributed by atoms with E-state index in [1.807, 2.05) is 19.3 Å². The van der Waals surface area contributed by atoms with Crippen LogP contribution in [0.15, 0.2) is 17.0 Å². The third-order valence-corrected chi connectivity index (χ3v) is 3.70. The van der Waals surface area contributed by atoms with Gasteiger partial charge in [-0.3, -0.25) is 9.38 Å². The molecule has 6 heteroatoms. The van der Waals surface area contributed by atoms with E-state index in [2.05, 4.69) is 35.6 Å². The molecular weight excluding hydrogens is 304 g/mol. The summed E-state index contributed by atoms with van der Waals surface area (Å²) in [6.07, 6.45) is 4.99. The second kappa shape index (κ2) is 4.92. The van der Waals surface area contributed by atoms with Gasteiger partial charge in [-0.05, 0) is 35.8 Å². The zero-order valence-electron chi connectivity index (χ0n) is 9.48. The Morgan fingerprint density at radius 1 is 1.53 bits per heavy atom. The Morgan fingerprint density at radius 3 is 3.06 bits per heavy atom. The minimum atomic E-state index is 0. The van der Waals surface area contributed by atoms with Crippen molar-refractivity contribution in [1.82, 2.24) is 19.7 Å². The molecule has 1 aliphatic rings. The molecule has 0 saturated carbocycles. The topological polar surface area (TPSA) is 42.2 Å². The summed E-state index contributed by atoms with van der Waals surface area (Å²) >= 11 is 3.52. The van der Waals surface area contributed by atoms with Gasteiger partial charge in [0.2, 0.25) is 0 Å². The summed E-state index contributed by atoms with van der Waals surface area (Å²) in [5.74, 6) is 1.65. The fourth-order valence-corrected chi connectivity index (χ4v) is 2.99. The fraction of sp³-hybridized carbons (Fsp3) is 0.455. The molecule has 0 radical (unpaired) electrons. The first-order valence-electron chi connectivity index (χ1n) is 5.47. The van der Waals surface area contributed by atoms with E-state index in [4.69, 9.17) is 0 Å². The molecule has 2 aromatic rings. The van der Waals surface area contributed by atoms with Crippen LogP contribution in [-0.4, -0.2) is 27.5 Å². The highest BCUT2D eigenvalue weighted by molar-refractivity contribution is 9.10. The first-order chi connectivity index (χ1) is 7.77. The van der Waals surface area contributed by atoms with Crippen LogP contribution in [0.3, 0.4) is 0 Å². The third-order valence-electron chi connectivity index (χ3n) is 3.15. The van der Waals surface area contributed by atoms with Crippen molar-refractivity contribution >= 4 is 33.9 Å². The number of aryl methyl sites for hydroxylation is 1. The highest BCUT2D eigenvalue weighted by Crippen LogP contribution is 2.27. The lowest BCUT2D eigenvalue weighted by atomic mass is 10.1. The Bertz CT molecular complexity index is 533. The van der Waals surface area contributed by atoms with Crippen LogP contribution in [0.2, 0.25) is 0 Å². The Hall–Kier alpha value is -0.650. The number of aromatic nitrogens is 3. The second-order valence-corrected chi connectivity index (χ2v) is 4.93. The molecule has 0 aliphatic carbocycles. The normalized spacial score (nSPS) is 19.5. The van der Waals surface area contributed by atoms with E-state index in [-0.39, 0.29) is 12.4 Å². The lowest BCUT2D eigenvalue weighted by Gasteiger charge is -2.07. The predicted octanol–water partition coefficient (Wildman–Crippen LogP) is 2.30. The number of rotatable bonds is 1. The van der Waals surface area contributed by atoms with Crippen molar-refractivity contribution in [2.45, 2.75) is 19.3 Å². The smallest absolute Gasteiger partial charge is 0.134 e. The minimum Gasteiger partial charge on any atom is -0.316 e. The van der Waals surface area contributed by atoms with Crippen molar-refractivity contribution in [3.05, 3.63) is 28.5 Å². The van der Waals surface area contributed by atoms with Crippen LogP contribution in [0.5, 0.6) is 0 Å². The van der Waals surface area contributed by atoms with Crippen LogP contribution >= 0.6 is 28.3 Å². The molecule has 3 rings (SSSR count). The van der Waals surface area contributed by atoms with Crippen LogP contribution < -0.4 is 5.32 Å². The number of imidazole rings is 1. The SMILES string of the molecule is Cc1nccn2c(C3CCNC3)nc(Br)c12.Cl. The Balaban J connectivity index is 0.00000108. The van der Waals surface area contributed by atoms with E-state index in [0.29, 0.717) is 5.92 Å². The maximum absolute atomic E-state index is 4.63. The number of halogens is 2. The maximum atomic E-state index is 4.63. The van der Waals surface area contributed by atoms with E-state index in [1.54, 1.807) is 0 Å². The van der Waals surface area contributed by atoms with Gasteiger partial charge < -0.3 is 5.32 Å². The largest absolute Gasteiger partial charge is 0.316 e. The molecule has 3 heterocycles. The van der Waals surface area contributed by atoms with Gasteiger partial charge in [-0.2, -0.15) is 0 Å². The van der Waals surface area contributed by atoms with Gasteiger partial charge >= 0.3 is 0 Å². The monoisotopic (exact) mass is 316 g/mol. The van der Waals surface area contributed by atoms with Gasteiger partial charge in [-0.15, -0.1) is 12.4 Å². The Kier molecular flexibility index (Phi) is 3.70. The van der Waals surface area contributed by atoms with Crippen molar-refractivity contribution in [3.8, 4) is 0 Å². The van der Waals surface area contributed by atoms with Gasteiger partial charge in [-0.25, -0.2) is 4.98 Å². The molecule has 4 nitrogen and oxygen atoms in total. The summed E-state index contributed by atoms with van der Waals surface area (Å²) in [7, 11) is 0. The first kappa shape index (κ1) is 12.8. The molecule has 1 atom stereocenters. The molecule has 0 spiro atoms. The lowest BCUT2D eigenvalue weighted by Crippen LogP contribution is -2.10. The van der Waals surface area contributed by atoms with Crippen LogP contribution in [0.1, 0.15) is 23.9 Å². The quantitative estimate of drug-likeness (QED) is 0.877. The minimum absolute atomic E-state index is 0. The molecule has 1 saturated heterocycles. The molecule has 1 unspecified atom stereocenters. The van der Waals surface area contributed by atoms with Gasteiger partial charge in [0.1, 0.15) is 15.9 Å². The summed E-state index contributed by atoms with van der Waals surface area (Å²) in [6.45, 7) is 4.12. The van der Waals surface area contributed by atoms with Gasteiger partial charge in [0.15, 0.2) is 0 Å². The van der Waals surface area contributed by atoms with Crippen molar-refractivity contribution in [2.24, 2.45) is 0 Å². The molecule has 1 N–H and O–H groups in total. The van der Waals surface area contributed by atoms with Crippen molar-refractivity contribution in [1.29, 1.82) is 0 Å². The number of fused-ring (bicyclic) bond motifs is 1. The van der Waals surface area contributed by atoms with E-state index < -0.39 is 0 Å². The summed E-state index contributed by atoms with van der Waals surface area (Å²) in [4.78, 5) is 8.93. The highest BCUT2D eigenvalue weighted by atomic mass is 79.9. The average molecular weight is 318 g/mol. The van der Waals surface area contributed by atoms with Crippen molar-refractivity contribution in [3.63, 3.8) is 0 Å². The lowest BCUT2D eigenvalue weighted by molar-refractivity contribution is 0.696. The van der Waals surface area contributed by atoms with Crippen LogP contribution in [0, 0.1) is 6.92 Å². The second-order valence-electron chi connectivity index (χ2n) is 4.18. The van der Waals surface area contributed by atoms with Gasteiger partial charge in [0.25, 0.3) is 0 Å². The highest BCUT2D eigenvalue weighted by Gasteiger charge is 2.23. The Labute approximate surface area is 114 Å². The number of nitrogens with zero attached hydrogens (tertiary/aromatic N) is 3. The number of nitrogens with one attached hydrogen (secondary N) is 1. The molecule has 1 fully saturated rings. The molecule has 0 bridgehead atoms. The fourth-order valence-electron chi connectivity index (χ4n) is 2.33. The summed E-state index contributed by atoms with van der Waals surface area (Å²) in [5.41, 5.74) is 2.10. The van der Waals surface area contributed by atoms with Gasteiger partial charge in [0, 0.05) is 24.9 Å². The van der Waals surface area contributed by atoms with Gasteiger partial charge in [0.05, 0.1) is 5.69 Å². The summed E-state index contributed by atoms with van der Waals surface area (Å²) in [6, 6.07) is 0. The van der Waals surface area contributed by atoms with Crippen LogP contribution in [0.25, 0.3) is 5.52 Å². The first-order valence-corrected chi connectivity index (χ1v) is 6.26. The third kappa shape index (κ3) is 2.07. The average Bonchev–Trinajstić information content (AvgIpc) is 2.86. The molecule has 0 amide bonds. The number of hydrogen-bond donors (Lipinski definition) is 1. The summed E-state index contributed by atoms with van der Waals surface area (Å²) < 4.78 is 3.06. The standard InChI is InChI=1S/C11H13BrN4.ClH/c1-7-9-10(12)15-11(8-2-3-13-6-8)16(9)5-4-14-7;/h4-5,8,13H,2-3,6H2,1H3;1H. The van der Waals surface area contributed by atoms with E-state index in [1.165, 1.54) is 0 Å². The van der Waals surface area contributed by atoms with Crippen LogP contribution in [0.4, 0.5) is 0 Å². The van der Waals surface area contributed by atoms with Crippen molar-refractivity contribution in [2.75, 3.05) is 13.1 Å². The van der Waals surface area contributed by atoms with E-state index >= 15 is 0 Å². The zero-order chi connectivity index (χ0) is 11.1. The summed E-state index contributed by atoms with van der Waals surface area (Å²) in [5, 5.41) is 3.38. The molecule has 17 heavy (non-hydrogen) atoms. The van der Waals surface area contributed by atoms with E-state index in [0.717, 1.165) is 41.1 Å². The van der Waals surface area contributed by atoms with Crippen molar-refractivity contribution < 1.29 is 0 Å². The molecule has 0 aromatic carbocycles. The van der Waals surface area contributed by atoms with E-state index in [9.17, 15) is 0 Å². The molecular formula is C11H14BrClN4. The van der Waals surface area contributed by atoms with Crippen LogP contribution in [-0.2, 0) is 0 Å². The van der Waals surface area contributed by atoms with Gasteiger partial charge in [-0.1, -0.05) is 0 Å². The Morgan fingerprint density at radius 2 is 2.35 bits per heavy atom.